The Labute approximate surface area is 267 Å². The van der Waals surface area contributed by atoms with Crippen molar-refractivity contribution in [3.05, 3.63) is 56.6 Å². The van der Waals surface area contributed by atoms with E-state index in [1.54, 1.807) is 27.0 Å². The van der Waals surface area contributed by atoms with Gasteiger partial charge in [0.25, 0.3) is 0 Å². The normalized spacial score (nSPS) is 30.4. The number of carbonyl (C=O) groups excluding carboxylic acids is 6. The number of nitrogens with zero attached hydrogens (tertiary/aromatic N) is 2. The maximum Gasteiger partial charge on any atom is 0.333 e. The number of rotatable bonds is 8. The molecule has 0 aromatic heterocycles. The average molecular weight is 637 g/mol. The zero-order chi connectivity index (χ0) is 33.9. The van der Waals surface area contributed by atoms with Crippen LogP contribution >= 0.6 is 0 Å². The second kappa shape index (κ2) is 12.3. The lowest BCUT2D eigenvalue weighted by Crippen LogP contribution is -2.77. The van der Waals surface area contributed by atoms with Crippen LogP contribution in [0, 0.1) is 0 Å². The van der Waals surface area contributed by atoms with Crippen molar-refractivity contribution in [1.82, 2.24) is 9.80 Å². The first-order valence-electron chi connectivity index (χ1n) is 15.2. The molecule has 2 aliphatic carbocycles. The standard InChI is InChI=1S/C34H40N2O10/c1-10-14(2)34(42)46-13-21-22-18(27(38)16(4)31(43-7)29(22)40)12-20-25-23-24(28(39)17(5)32(44-8)30(23)41)33(45-9)26(35(25)6)19(36(20)21)11-15(3)37/h10,19-21,25-26,33H,11-13H2,1-9H3. The molecule has 1 fully saturated rings. The fraction of sp³-hybridized carbons (Fsp3) is 0.529. The summed E-state index contributed by atoms with van der Waals surface area (Å²) in [6.07, 6.45) is 0.710. The number of Topliss-reactive ketones (excluding diaryl/α,β-unsaturated/α-hetero) is 5. The van der Waals surface area contributed by atoms with Crippen LogP contribution in [-0.4, -0.2) is 116 Å². The molecular weight excluding hydrogens is 596 g/mol. The second-order valence-corrected chi connectivity index (χ2v) is 12.4. The monoisotopic (exact) mass is 636 g/mol. The SMILES string of the molecule is CC=C(C)C(=O)OCC1C2=C(CC3C4C5=C(C(=O)C(C)=C(OC)C5=O)C(OC)C(C(CC(C)=O)N13)N4C)C(=O)C(C)=C(OC)C2=O. The number of ketones is 5. The summed E-state index contributed by atoms with van der Waals surface area (Å²) in [5.41, 5.74) is 1.43. The number of esters is 1. The molecule has 0 N–H and O–H groups in total. The third-order valence-corrected chi connectivity index (χ3v) is 10.1. The summed E-state index contributed by atoms with van der Waals surface area (Å²) in [4.78, 5) is 85.8. The highest BCUT2D eigenvalue weighted by molar-refractivity contribution is 6.26. The number of hydrogen-bond donors (Lipinski definition) is 0. The molecule has 12 heteroatoms. The van der Waals surface area contributed by atoms with Gasteiger partial charge in [-0.1, -0.05) is 6.08 Å². The highest BCUT2D eigenvalue weighted by Gasteiger charge is 2.62. The highest BCUT2D eigenvalue weighted by atomic mass is 16.5. The molecule has 5 aliphatic rings. The minimum Gasteiger partial charge on any atom is -0.492 e. The Morgan fingerprint density at radius 2 is 1.46 bits per heavy atom. The van der Waals surface area contributed by atoms with Gasteiger partial charge in [-0.05, 0) is 48.1 Å². The number of fused-ring (bicyclic) bond motifs is 5. The molecule has 6 atom stereocenters. The Hall–Kier alpha value is -4.00. The minimum absolute atomic E-state index is 0.00390. The minimum atomic E-state index is -0.978. The molecular formula is C34H40N2O10. The van der Waals surface area contributed by atoms with Gasteiger partial charge >= 0.3 is 5.97 Å². The topological polar surface area (TPSA) is 146 Å². The average Bonchev–Trinajstić information content (AvgIpc) is 3.02. The van der Waals surface area contributed by atoms with Gasteiger partial charge in [-0.15, -0.1) is 0 Å². The molecule has 12 nitrogen and oxygen atoms in total. The van der Waals surface area contributed by atoms with Crippen LogP contribution in [0.1, 0.15) is 47.5 Å². The van der Waals surface area contributed by atoms with Gasteiger partial charge in [0.05, 0.1) is 32.3 Å². The Morgan fingerprint density at radius 3 is 2.00 bits per heavy atom. The molecule has 5 rings (SSSR count). The van der Waals surface area contributed by atoms with Crippen LogP contribution in [0.5, 0.6) is 0 Å². The van der Waals surface area contributed by atoms with Crippen molar-refractivity contribution in [2.45, 2.75) is 83.8 Å². The molecule has 6 unspecified atom stereocenters. The number of carbonyl (C=O) groups is 6. The van der Waals surface area contributed by atoms with E-state index in [1.807, 2.05) is 9.80 Å². The van der Waals surface area contributed by atoms with Crippen molar-refractivity contribution < 1.29 is 47.7 Å². The number of ether oxygens (including phenoxy) is 4. The maximum absolute atomic E-state index is 14.1. The Balaban J connectivity index is 1.78. The van der Waals surface area contributed by atoms with Crippen LogP contribution in [-0.2, 0) is 47.7 Å². The largest absolute Gasteiger partial charge is 0.492 e. The van der Waals surface area contributed by atoms with E-state index < -0.39 is 53.8 Å². The van der Waals surface area contributed by atoms with Crippen molar-refractivity contribution in [2.24, 2.45) is 0 Å². The van der Waals surface area contributed by atoms with Gasteiger partial charge in [0.1, 0.15) is 18.5 Å². The molecule has 0 aromatic rings. The van der Waals surface area contributed by atoms with Gasteiger partial charge in [-0.3, -0.25) is 33.8 Å². The molecule has 3 aliphatic heterocycles. The summed E-state index contributed by atoms with van der Waals surface area (Å²) < 4.78 is 22.6. The number of allylic oxidation sites excluding steroid dienone is 5. The predicted molar refractivity (Wildman–Crippen MR) is 163 cm³/mol. The van der Waals surface area contributed by atoms with Crippen LogP contribution in [0.3, 0.4) is 0 Å². The lowest BCUT2D eigenvalue weighted by Gasteiger charge is -2.63. The van der Waals surface area contributed by atoms with Crippen LogP contribution in [0.2, 0.25) is 0 Å². The van der Waals surface area contributed by atoms with Gasteiger partial charge in [-0.2, -0.15) is 0 Å². The van der Waals surface area contributed by atoms with E-state index in [-0.39, 0.29) is 81.8 Å². The Bertz CT molecular complexity index is 1620. The van der Waals surface area contributed by atoms with Crippen LogP contribution < -0.4 is 0 Å². The fourth-order valence-corrected chi connectivity index (χ4v) is 8.01. The molecule has 46 heavy (non-hydrogen) atoms. The predicted octanol–water partition coefficient (Wildman–Crippen LogP) is 1.74. The quantitative estimate of drug-likeness (QED) is 0.217. The Morgan fingerprint density at radius 1 is 0.870 bits per heavy atom. The highest BCUT2D eigenvalue weighted by Crippen LogP contribution is 2.50. The summed E-state index contributed by atoms with van der Waals surface area (Å²) in [5.74, 6) is -2.67. The van der Waals surface area contributed by atoms with Crippen LogP contribution in [0.4, 0.5) is 0 Å². The van der Waals surface area contributed by atoms with E-state index >= 15 is 0 Å². The van der Waals surface area contributed by atoms with E-state index in [9.17, 15) is 28.8 Å². The maximum atomic E-state index is 14.1. The third-order valence-electron chi connectivity index (χ3n) is 10.1. The third kappa shape index (κ3) is 4.76. The molecule has 246 valence electrons. The van der Waals surface area contributed by atoms with Gasteiger partial charge < -0.3 is 18.9 Å². The van der Waals surface area contributed by atoms with Gasteiger partial charge in [0.2, 0.25) is 11.6 Å². The molecule has 0 aromatic carbocycles. The number of likely N-dealkylation sites (N-methyl/N-ethyl adjacent to an activating group) is 1. The van der Waals surface area contributed by atoms with Crippen molar-refractivity contribution in [3.8, 4) is 0 Å². The van der Waals surface area contributed by atoms with Crippen molar-refractivity contribution >= 4 is 34.9 Å². The molecule has 0 radical (unpaired) electrons. The first-order valence-corrected chi connectivity index (χ1v) is 15.2. The first kappa shape index (κ1) is 33.4. The molecule has 0 saturated carbocycles. The summed E-state index contributed by atoms with van der Waals surface area (Å²) in [5, 5.41) is 0. The summed E-state index contributed by atoms with van der Waals surface area (Å²) in [6, 6.07) is -3.72. The fourth-order valence-electron chi connectivity index (χ4n) is 8.01. The van der Waals surface area contributed by atoms with E-state index in [4.69, 9.17) is 18.9 Å². The lowest BCUT2D eigenvalue weighted by molar-refractivity contribution is -0.152. The molecule has 2 bridgehead atoms. The summed E-state index contributed by atoms with van der Waals surface area (Å²) >= 11 is 0. The Kier molecular flexibility index (Phi) is 8.93. The molecule has 0 amide bonds. The van der Waals surface area contributed by atoms with Gasteiger partial charge in [0.15, 0.2) is 23.1 Å². The van der Waals surface area contributed by atoms with Crippen molar-refractivity contribution in [1.29, 1.82) is 0 Å². The van der Waals surface area contributed by atoms with Gasteiger partial charge in [-0.25, -0.2) is 4.79 Å². The van der Waals surface area contributed by atoms with E-state index in [0.29, 0.717) is 5.57 Å². The van der Waals surface area contributed by atoms with Crippen molar-refractivity contribution in [3.63, 3.8) is 0 Å². The summed E-state index contributed by atoms with van der Waals surface area (Å²) in [6.45, 7) is 7.49. The van der Waals surface area contributed by atoms with Crippen molar-refractivity contribution in [2.75, 3.05) is 35.0 Å². The molecule has 1 saturated heterocycles. The molecule has 0 spiro atoms. The first-order chi connectivity index (χ1) is 21.8. The van der Waals surface area contributed by atoms with E-state index in [0.717, 1.165) is 0 Å². The smallest absolute Gasteiger partial charge is 0.333 e. The van der Waals surface area contributed by atoms with Crippen LogP contribution in [0.25, 0.3) is 0 Å². The zero-order valence-electron chi connectivity index (χ0n) is 27.6. The van der Waals surface area contributed by atoms with Crippen LogP contribution in [0.15, 0.2) is 56.6 Å². The van der Waals surface area contributed by atoms with Gasteiger partial charge in [0, 0.05) is 64.6 Å². The number of piperazine rings is 1. The molecule has 3 heterocycles. The number of methoxy groups -OCH3 is 3. The van der Waals surface area contributed by atoms with E-state index in [1.165, 1.54) is 42.1 Å². The summed E-state index contributed by atoms with van der Waals surface area (Å²) in [7, 11) is 5.90. The zero-order valence-corrected chi connectivity index (χ0v) is 27.6. The lowest BCUT2D eigenvalue weighted by atomic mass is 9.66. The van der Waals surface area contributed by atoms with E-state index in [2.05, 4.69) is 0 Å². The second-order valence-electron chi connectivity index (χ2n) is 12.4. The number of hydrogen-bond acceptors (Lipinski definition) is 12.